The van der Waals surface area contributed by atoms with Gasteiger partial charge < -0.3 is 10.1 Å². The highest BCUT2D eigenvalue weighted by Crippen LogP contribution is 2.25. The van der Waals surface area contributed by atoms with Gasteiger partial charge in [-0.3, -0.25) is 0 Å². The van der Waals surface area contributed by atoms with E-state index >= 15 is 0 Å². The largest absolute Gasteiger partial charge is 0.497 e. The highest BCUT2D eigenvalue weighted by molar-refractivity contribution is 5.55. The molecule has 1 aliphatic rings. The van der Waals surface area contributed by atoms with Gasteiger partial charge in [0.25, 0.3) is 0 Å². The summed E-state index contributed by atoms with van der Waals surface area (Å²) >= 11 is 0. The SMILES string of the molecule is COc1ccc(Cc2ccc3c(c2)CCCN3)c(C)c1. The van der Waals surface area contributed by atoms with Crippen LogP contribution in [-0.2, 0) is 12.8 Å². The number of hydrogen-bond acceptors (Lipinski definition) is 2. The lowest BCUT2D eigenvalue weighted by Gasteiger charge is -2.19. The maximum Gasteiger partial charge on any atom is 0.119 e. The van der Waals surface area contributed by atoms with E-state index in [2.05, 4.69) is 42.6 Å². The van der Waals surface area contributed by atoms with Crippen LogP contribution in [0.1, 0.15) is 28.7 Å². The van der Waals surface area contributed by atoms with Gasteiger partial charge >= 0.3 is 0 Å². The molecule has 0 aromatic heterocycles. The summed E-state index contributed by atoms with van der Waals surface area (Å²) in [6.07, 6.45) is 3.42. The van der Waals surface area contributed by atoms with Gasteiger partial charge in [0.05, 0.1) is 7.11 Å². The van der Waals surface area contributed by atoms with Gasteiger partial charge in [-0.25, -0.2) is 0 Å². The number of hydrogen-bond donors (Lipinski definition) is 1. The number of aryl methyl sites for hydroxylation is 2. The molecular formula is C18H21NO. The van der Waals surface area contributed by atoms with Crippen LogP contribution in [-0.4, -0.2) is 13.7 Å². The van der Waals surface area contributed by atoms with Gasteiger partial charge in [0.2, 0.25) is 0 Å². The number of ether oxygens (including phenoxy) is 1. The van der Waals surface area contributed by atoms with Crippen LogP contribution in [0.5, 0.6) is 5.75 Å². The highest BCUT2D eigenvalue weighted by atomic mass is 16.5. The summed E-state index contributed by atoms with van der Waals surface area (Å²) in [7, 11) is 1.71. The fraction of sp³-hybridized carbons (Fsp3) is 0.333. The van der Waals surface area contributed by atoms with Crippen molar-refractivity contribution in [1.29, 1.82) is 0 Å². The molecule has 0 atom stereocenters. The first-order valence-electron chi connectivity index (χ1n) is 7.25. The quantitative estimate of drug-likeness (QED) is 0.909. The summed E-state index contributed by atoms with van der Waals surface area (Å²) in [6, 6.07) is 13.1. The van der Waals surface area contributed by atoms with Crippen molar-refractivity contribution in [3.8, 4) is 5.75 Å². The molecule has 0 saturated carbocycles. The minimum Gasteiger partial charge on any atom is -0.497 e. The normalized spacial score (nSPS) is 13.5. The van der Waals surface area contributed by atoms with Crippen LogP contribution in [0.3, 0.4) is 0 Å². The number of benzene rings is 2. The predicted molar refractivity (Wildman–Crippen MR) is 83.8 cm³/mol. The minimum atomic E-state index is 0.931. The Bertz CT molecular complexity index is 619. The molecular weight excluding hydrogens is 246 g/mol. The van der Waals surface area contributed by atoms with Crippen molar-refractivity contribution in [3.05, 3.63) is 58.7 Å². The van der Waals surface area contributed by atoms with Crippen molar-refractivity contribution in [2.24, 2.45) is 0 Å². The van der Waals surface area contributed by atoms with Crippen molar-refractivity contribution in [3.63, 3.8) is 0 Å². The van der Waals surface area contributed by atoms with E-state index in [-0.39, 0.29) is 0 Å². The Hall–Kier alpha value is -1.96. The topological polar surface area (TPSA) is 21.3 Å². The van der Waals surface area contributed by atoms with Crippen molar-refractivity contribution >= 4 is 5.69 Å². The molecule has 0 aliphatic carbocycles. The van der Waals surface area contributed by atoms with Gasteiger partial charge in [-0.05, 0) is 66.6 Å². The van der Waals surface area contributed by atoms with Crippen molar-refractivity contribution in [2.45, 2.75) is 26.2 Å². The Labute approximate surface area is 120 Å². The Morgan fingerprint density at radius 2 is 2.05 bits per heavy atom. The maximum absolute atomic E-state index is 5.27. The van der Waals surface area contributed by atoms with Crippen LogP contribution in [0.15, 0.2) is 36.4 Å². The fourth-order valence-electron chi connectivity index (χ4n) is 2.85. The van der Waals surface area contributed by atoms with E-state index in [9.17, 15) is 0 Å². The monoisotopic (exact) mass is 267 g/mol. The summed E-state index contributed by atoms with van der Waals surface area (Å²) < 4.78 is 5.27. The molecule has 3 rings (SSSR count). The zero-order chi connectivity index (χ0) is 13.9. The van der Waals surface area contributed by atoms with Gasteiger partial charge in [0.15, 0.2) is 0 Å². The Balaban J connectivity index is 1.84. The molecule has 2 aromatic carbocycles. The average molecular weight is 267 g/mol. The van der Waals surface area contributed by atoms with Crippen LogP contribution in [0.2, 0.25) is 0 Å². The number of rotatable bonds is 3. The van der Waals surface area contributed by atoms with Gasteiger partial charge in [0.1, 0.15) is 5.75 Å². The van der Waals surface area contributed by atoms with E-state index in [0.29, 0.717) is 0 Å². The summed E-state index contributed by atoms with van der Waals surface area (Å²) in [5, 5.41) is 3.46. The molecule has 2 aromatic rings. The first-order valence-corrected chi connectivity index (χ1v) is 7.25. The lowest BCUT2D eigenvalue weighted by molar-refractivity contribution is 0.414. The second-order valence-corrected chi connectivity index (χ2v) is 5.49. The van der Waals surface area contributed by atoms with Crippen LogP contribution < -0.4 is 10.1 Å². The molecule has 2 heteroatoms. The first-order chi connectivity index (χ1) is 9.76. The van der Waals surface area contributed by atoms with Gasteiger partial charge in [-0.2, -0.15) is 0 Å². The van der Waals surface area contributed by atoms with Crippen molar-refractivity contribution in [2.75, 3.05) is 19.0 Å². The molecule has 1 N–H and O–H groups in total. The summed E-state index contributed by atoms with van der Waals surface area (Å²) in [5.74, 6) is 0.931. The molecule has 0 spiro atoms. The van der Waals surface area contributed by atoms with Crippen LogP contribution >= 0.6 is 0 Å². The summed E-state index contributed by atoms with van der Waals surface area (Å²) in [4.78, 5) is 0. The van der Waals surface area contributed by atoms with Gasteiger partial charge in [0, 0.05) is 12.2 Å². The third-order valence-electron chi connectivity index (χ3n) is 4.05. The molecule has 0 unspecified atom stereocenters. The number of anilines is 1. The summed E-state index contributed by atoms with van der Waals surface area (Å²) in [5.41, 5.74) is 6.82. The van der Waals surface area contributed by atoms with E-state index in [1.165, 1.54) is 40.8 Å². The van der Waals surface area contributed by atoms with Crippen LogP contribution in [0.4, 0.5) is 5.69 Å². The molecule has 0 amide bonds. The summed E-state index contributed by atoms with van der Waals surface area (Å²) in [6.45, 7) is 3.25. The number of methoxy groups -OCH3 is 1. The van der Waals surface area contributed by atoms with E-state index in [1.807, 2.05) is 6.07 Å². The lowest BCUT2D eigenvalue weighted by atomic mass is 9.96. The molecule has 0 radical (unpaired) electrons. The molecule has 20 heavy (non-hydrogen) atoms. The number of nitrogens with one attached hydrogen (secondary N) is 1. The van der Waals surface area contributed by atoms with E-state index in [4.69, 9.17) is 4.74 Å². The third-order valence-corrected chi connectivity index (χ3v) is 4.05. The Morgan fingerprint density at radius 1 is 1.15 bits per heavy atom. The second-order valence-electron chi connectivity index (χ2n) is 5.49. The van der Waals surface area contributed by atoms with Gasteiger partial charge in [-0.1, -0.05) is 18.2 Å². The molecule has 0 saturated heterocycles. The van der Waals surface area contributed by atoms with Crippen LogP contribution in [0, 0.1) is 6.92 Å². The van der Waals surface area contributed by atoms with E-state index in [0.717, 1.165) is 18.7 Å². The lowest BCUT2D eigenvalue weighted by Crippen LogP contribution is -2.11. The second kappa shape index (κ2) is 5.58. The molecule has 1 aliphatic heterocycles. The molecule has 0 fully saturated rings. The Kier molecular flexibility index (Phi) is 3.64. The smallest absolute Gasteiger partial charge is 0.119 e. The standard InChI is InChI=1S/C18H21NO/c1-13-10-17(20-2)7-6-15(13)11-14-5-8-18-16(12-14)4-3-9-19-18/h5-8,10,12,19H,3-4,9,11H2,1-2H3. The third kappa shape index (κ3) is 2.64. The molecule has 1 heterocycles. The fourth-order valence-corrected chi connectivity index (χ4v) is 2.85. The minimum absolute atomic E-state index is 0.931. The van der Waals surface area contributed by atoms with Crippen molar-refractivity contribution in [1.82, 2.24) is 0 Å². The average Bonchev–Trinajstić information content (AvgIpc) is 2.49. The van der Waals surface area contributed by atoms with E-state index < -0.39 is 0 Å². The van der Waals surface area contributed by atoms with Crippen LogP contribution in [0.25, 0.3) is 0 Å². The van der Waals surface area contributed by atoms with Crippen molar-refractivity contribution < 1.29 is 4.74 Å². The number of fused-ring (bicyclic) bond motifs is 1. The first kappa shape index (κ1) is 13.0. The van der Waals surface area contributed by atoms with E-state index in [1.54, 1.807) is 7.11 Å². The Morgan fingerprint density at radius 3 is 2.85 bits per heavy atom. The van der Waals surface area contributed by atoms with Gasteiger partial charge in [-0.15, -0.1) is 0 Å². The molecule has 2 nitrogen and oxygen atoms in total. The zero-order valence-corrected chi connectivity index (χ0v) is 12.2. The highest BCUT2D eigenvalue weighted by Gasteiger charge is 2.09. The zero-order valence-electron chi connectivity index (χ0n) is 12.2. The molecule has 104 valence electrons. The maximum atomic E-state index is 5.27. The predicted octanol–water partition coefficient (Wildman–Crippen LogP) is 3.95. The molecule has 0 bridgehead atoms.